The molecule has 2 aromatic rings. The highest BCUT2D eigenvalue weighted by atomic mass is 32.2. The summed E-state index contributed by atoms with van der Waals surface area (Å²) in [6, 6.07) is 11.6. The minimum atomic E-state index is -0.229. The molecule has 0 aromatic heterocycles. The third kappa shape index (κ3) is 3.38. The number of benzene rings is 2. The molecule has 1 aliphatic heterocycles. The summed E-state index contributed by atoms with van der Waals surface area (Å²) in [5.41, 5.74) is 7.64. The Hall–Kier alpha value is -1.92. The van der Waals surface area contributed by atoms with Crippen molar-refractivity contribution < 1.29 is 9.18 Å². The number of carbonyl (C=O) groups is 1. The van der Waals surface area contributed by atoms with Crippen molar-refractivity contribution in [2.75, 3.05) is 5.75 Å². The van der Waals surface area contributed by atoms with Crippen LogP contribution in [0.2, 0.25) is 0 Å². The molecule has 1 amide bonds. The summed E-state index contributed by atoms with van der Waals surface area (Å²) < 4.78 is 13.9. The molecule has 0 saturated carbocycles. The zero-order valence-corrected chi connectivity index (χ0v) is 13.8. The van der Waals surface area contributed by atoms with E-state index in [2.05, 4.69) is 5.32 Å². The van der Waals surface area contributed by atoms with E-state index >= 15 is 0 Å². The molecule has 1 atom stereocenters. The third-order valence-corrected chi connectivity index (χ3v) is 5.16. The van der Waals surface area contributed by atoms with E-state index in [-0.39, 0.29) is 17.8 Å². The van der Waals surface area contributed by atoms with E-state index in [9.17, 15) is 9.18 Å². The number of thioether (sulfide) groups is 1. The maximum atomic E-state index is 13.9. The van der Waals surface area contributed by atoms with Gasteiger partial charge in [-0.15, -0.1) is 11.8 Å². The van der Waals surface area contributed by atoms with Crippen LogP contribution in [0.4, 0.5) is 4.39 Å². The minimum Gasteiger partial charge on any atom is -0.389 e. The number of fused-ring (bicyclic) bond motifs is 1. The smallest absolute Gasteiger partial charge is 0.251 e. The van der Waals surface area contributed by atoms with Gasteiger partial charge in [-0.25, -0.2) is 4.39 Å². The normalized spacial score (nSPS) is 16.5. The van der Waals surface area contributed by atoms with Crippen LogP contribution in [0.15, 0.2) is 47.4 Å². The van der Waals surface area contributed by atoms with Gasteiger partial charge in [-0.05, 0) is 30.2 Å². The molecule has 23 heavy (non-hydrogen) atoms. The molecule has 0 aliphatic carbocycles. The van der Waals surface area contributed by atoms with E-state index in [1.165, 1.54) is 17.8 Å². The molecule has 0 bridgehead atoms. The quantitative estimate of drug-likeness (QED) is 0.836. The van der Waals surface area contributed by atoms with Crippen LogP contribution in [0.25, 0.3) is 0 Å². The molecule has 0 spiro atoms. The summed E-state index contributed by atoms with van der Waals surface area (Å²) in [4.78, 5) is 13.3. The lowest BCUT2D eigenvalue weighted by Crippen LogP contribution is -2.30. The zero-order valence-electron chi connectivity index (χ0n) is 12.2. The lowest BCUT2D eigenvalue weighted by Gasteiger charge is -2.26. The lowest BCUT2D eigenvalue weighted by atomic mass is 10.0. The van der Waals surface area contributed by atoms with Gasteiger partial charge in [0, 0.05) is 21.8 Å². The molecule has 6 heteroatoms. The molecule has 0 radical (unpaired) electrons. The first-order valence-corrected chi connectivity index (χ1v) is 8.57. The Bertz CT molecular complexity index is 762. The lowest BCUT2D eigenvalue weighted by molar-refractivity contribution is 0.0935. The molecule has 3 rings (SSSR count). The van der Waals surface area contributed by atoms with Crippen LogP contribution in [0, 0.1) is 5.82 Å². The Morgan fingerprint density at radius 1 is 1.22 bits per heavy atom. The summed E-state index contributed by atoms with van der Waals surface area (Å²) in [6.07, 6.45) is 0.776. The molecule has 3 N–H and O–H groups in total. The van der Waals surface area contributed by atoms with Crippen LogP contribution in [-0.2, 0) is 0 Å². The van der Waals surface area contributed by atoms with E-state index in [0.29, 0.717) is 15.4 Å². The predicted molar refractivity (Wildman–Crippen MR) is 94.3 cm³/mol. The third-order valence-electron chi connectivity index (χ3n) is 3.76. The first-order chi connectivity index (χ1) is 11.1. The molecule has 0 fully saturated rings. The van der Waals surface area contributed by atoms with Gasteiger partial charge in [0.05, 0.1) is 6.04 Å². The number of hydrogen-bond donors (Lipinski definition) is 2. The topological polar surface area (TPSA) is 55.1 Å². The van der Waals surface area contributed by atoms with Crippen LogP contribution >= 0.6 is 24.0 Å². The standard InChI is InChI=1S/C17H15FN2OS2/c18-13-3-1-2-12-14(8-9-23-15(12)13)20-17(21)11-6-4-10(5-7-11)16(19)22/h1-7,14H,8-9H2,(H2,19,22)(H,20,21)/t14-/m0/s1. The van der Waals surface area contributed by atoms with Crippen molar-refractivity contribution in [3.63, 3.8) is 0 Å². The van der Waals surface area contributed by atoms with Gasteiger partial charge in [0.2, 0.25) is 0 Å². The average Bonchev–Trinajstić information content (AvgIpc) is 2.56. The number of nitrogens with two attached hydrogens (primary N) is 1. The first-order valence-electron chi connectivity index (χ1n) is 7.18. The van der Waals surface area contributed by atoms with Crippen LogP contribution in [0.1, 0.15) is 33.9 Å². The largest absolute Gasteiger partial charge is 0.389 e. The summed E-state index contributed by atoms with van der Waals surface area (Å²) in [5, 5.41) is 2.98. The number of hydrogen-bond acceptors (Lipinski definition) is 3. The van der Waals surface area contributed by atoms with E-state index < -0.39 is 0 Å². The number of halogens is 1. The predicted octanol–water partition coefficient (Wildman–Crippen LogP) is 3.43. The van der Waals surface area contributed by atoms with Gasteiger partial charge >= 0.3 is 0 Å². The summed E-state index contributed by atoms with van der Waals surface area (Å²) in [6.45, 7) is 0. The molecule has 3 nitrogen and oxygen atoms in total. The average molecular weight is 346 g/mol. The van der Waals surface area contributed by atoms with Crippen LogP contribution in [0.5, 0.6) is 0 Å². The van der Waals surface area contributed by atoms with E-state index in [1.807, 2.05) is 6.07 Å². The van der Waals surface area contributed by atoms with E-state index in [4.69, 9.17) is 18.0 Å². The van der Waals surface area contributed by atoms with Gasteiger partial charge in [0.1, 0.15) is 10.8 Å². The molecule has 118 valence electrons. The SMILES string of the molecule is NC(=S)c1ccc(C(=O)N[C@H]2CCSc3c(F)cccc32)cc1. The van der Waals surface area contributed by atoms with Crippen LogP contribution < -0.4 is 11.1 Å². The van der Waals surface area contributed by atoms with Crippen molar-refractivity contribution in [2.45, 2.75) is 17.4 Å². The summed E-state index contributed by atoms with van der Waals surface area (Å²) in [7, 11) is 0. The van der Waals surface area contributed by atoms with Gasteiger partial charge in [0.25, 0.3) is 5.91 Å². The fourth-order valence-electron chi connectivity index (χ4n) is 2.56. The molecule has 0 unspecified atom stereocenters. The van der Waals surface area contributed by atoms with Crippen molar-refractivity contribution in [3.05, 3.63) is 65.0 Å². The summed E-state index contributed by atoms with van der Waals surface area (Å²) in [5.74, 6) is 0.359. The second-order valence-electron chi connectivity index (χ2n) is 5.26. The Kier molecular flexibility index (Phi) is 4.63. The maximum absolute atomic E-state index is 13.9. The van der Waals surface area contributed by atoms with Gasteiger partial charge in [-0.3, -0.25) is 4.79 Å². The molecule has 1 heterocycles. The van der Waals surface area contributed by atoms with E-state index in [1.54, 1.807) is 30.3 Å². The fraction of sp³-hybridized carbons (Fsp3) is 0.176. The summed E-state index contributed by atoms with van der Waals surface area (Å²) >= 11 is 6.39. The van der Waals surface area contributed by atoms with Crippen molar-refractivity contribution >= 4 is 34.9 Å². The van der Waals surface area contributed by atoms with Gasteiger partial charge in [-0.1, -0.05) is 36.5 Å². The van der Waals surface area contributed by atoms with E-state index in [0.717, 1.165) is 23.3 Å². The first kappa shape index (κ1) is 16.0. The molecule has 1 aliphatic rings. The zero-order chi connectivity index (χ0) is 16.4. The Labute approximate surface area is 143 Å². The van der Waals surface area contributed by atoms with Crippen molar-refractivity contribution in [3.8, 4) is 0 Å². The molecular weight excluding hydrogens is 331 g/mol. The number of nitrogens with one attached hydrogen (secondary N) is 1. The molecule has 2 aromatic carbocycles. The maximum Gasteiger partial charge on any atom is 0.251 e. The molecule has 0 saturated heterocycles. The highest BCUT2D eigenvalue weighted by Gasteiger charge is 2.24. The number of carbonyl (C=O) groups excluding carboxylic acids is 1. The number of thiocarbonyl (C=S) groups is 1. The highest BCUT2D eigenvalue weighted by Crippen LogP contribution is 2.37. The monoisotopic (exact) mass is 346 g/mol. The number of rotatable bonds is 3. The van der Waals surface area contributed by atoms with Crippen LogP contribution in [-0.4, -0.2) is 16.6 Å². The highest BCUT2D eigenvalue weighted by molar-refractivity contribution is 7.99. The van der Waals surface area contributed by atoms with Crippen molar-refractivity contribution in [1.82, 2.24) is 5.32 Å². The molecular formula is C17H15FN2OS2. The second-order valence-corrected chi connectivity index (χ2v) is 6.81. The van der Waals surface area contributed by atoms with Gasteiger partial charge in [-0.2, -0.15) is 0 Å². The number of amides is 1. The van der Waals surface area contributed by atoms with Crippen LogP contribution in [0.3, 0.4) is 0 Å². The van der Waals surface area contributed by atoms with Gasteiger partial charge in [0.15, 0.2) is 0 Å². The minimum absolute atomic E-state index is 0.176. The van der Waals surface area contributed by atoms with Crippen molar-refractivity contribution in [1.29, 1.82) is 0 Å². The van der Waals surface area contributed by atoms with Crippen molar-refractivity contribution in [2.24, 2.45) is 5.73 Å². The Morgan fingerprint density at radius 3 is 2.61 bits per heavy atom. The fourth-order valence-corrected chi connectivity index (χ4v) is 3.84. The van der Waals surface area contributed by atoms with Gasteiger partial charge < -0.3 is 11.1 Å². The second kappa shape index (κ2) is 6.68. The Morgan fingerprint density at radius 2 is 1.91 bits per heavy atom. The Balaban J connectivity index is 1.79.